The monoisotopic (exact) mass is 152 g/mol. The Morgan fingerprint density at radius 2 is 2.73 bits per heavy atom. The summed E-state index contributed by atoms with van der Waals surface area (Å²) in [5, 5.41) is 7.29. The van der Waals surface area contributed by atoms with Crippen LogP contribution in [-0.4, -0.2) is 21.6 Å². The summed E-state index contributed by atoms with van der Waals surface area (Å²) in [5.41, 5.74) is 2.59. The molecule has 1 N–H and O–H groups in total. The summed E-state index contributed by atoms with van der Waals surface area (Å²) in [6, 6.07) is 0. The van der Waals surface area contributed by atoms with E-state index in [0.717, 1.165) is 0 Å². The van der Waals surface area contributed by atoms with E-state index < -0.39 is 0 Å². The number of aryl methyl sites for hydroxylation is 1. The molecule has 0 saturated carbocycles. The van der Waals surface area contributed by atoms with Gasteiger partial charge in [0.1, 0.15) is 6.61 Å². The topological polar surface area (TPSA) is 52.0 Å². The van der Waals surface area contributed by atoms with Gasteiger partial charge in [0.05, 0.1) is 6.20 Å². The molecular formula is C6H8N4O. The molecule has 0 amide bonds. The van der Waals surface area contributed by atoms with Crippen LogP contribution >= 0.6 is 0 Å². The maximum absolute atomic E-state index is 4.95. The average molecular weight is 152 g/mol. The van der Waals surface area contributed by atoms with E-state index in [2.05, 4.69) is 21.7 Å². The summed E-state index contributed by atoms with van der Waals surface area (Å²) in [7, 11) is 1.74. The lowest BCUT2D eigenvalue weighted by Crippen LogP contribution is -2.05. The molecule has 58 valence electrons. The van der Waals surface area contributed by atoms with Crippen molar-refractivity contribution in [1.82, 2.24) is 15.0 Å². The fraction of sp³-hybridized carbons (Fsp3) is 0.333. The molecule has 0 aliphatic rings. The molecule has 1 heterocycles. The van der Waals surface area contributed by atoms with E-state index in [-0.39, 0.29) is 6.61 Å². The largest absolute Gasteiger partial charge is 0.262 e. The molecule has 1 aromatic rings. The van der Waals surface area contributed by atoms with Crippen molar-refractivity contribution in [2.75, 3.05) is 12.1 Å². The van der Waals surface area contributed by atoms with Crippen molar-refractivity contribution in [2.24, 2.45) is 7.05 Å². The van der Waals surface area contributed by atoms with Gasteiger partial charge in [-0.3, -0.25) is 4.84 Å². The van der Waals surface area contributed by atoms with Crippen LogP contribution in [0.15, 0.2) is 6.20 Å². The van der Waals surface area contributed by atoms with Gasteiger partial charge in [0.15, 0.2) is 5.82 Å². The maximum Gasteiger partial charge on any atom is 0.168 e. The van der Waals surface area contributed by atoms with Gasteiger partial charge >= 0.3 is 0 Å². The minimum Gasteiger partial charge on any atom is -0.262 e. The van der Waals surface area contributed by atoms with Gasteiger partial charge in [0.2, 0.25) is 0 Å². The van der Waals surface area contributed by atoms with Gasteiger partial charge in [-0.05, 0) is 0 Å². The Bertz CT molecular complexity index is 262. The van der Waals surface area contributed by atoms with Crippen molar-refractivity contribution in [1.29, 1.82) is 0 Å². The van der Waals surface area contributed by atoms with Crippen molar-refractivity contribution in [3.8, 4) is 12.3 Å². The Labute approximate surface area is 64.3 Å². The van der Waals surface area contributed by atoms with E-state index >= 15 is 0 Å². The molecule has 0 aliphatic carbocycles. The highest BCUT2D eigenvalue weighted by Crippen LogP contribution is 1.99. The van der Waals surface area contributed by atoms with Crippen LogP contribution in [0.2, 0.25) is 0 Å². The summed E-state index contributed by atoms with van der Waals surface area (Å²) in [6.07, 6.45) is 6.49. The highest BCUT2D eigenvalue weighted by molar-refractivity contribution is 5.26. The Morgan fingerprint density at radius 3 is 3.27 bits per heavy atom. The highest BCUT2D eigenvalue weighted by Gasteiger charge is 1.95. The highest BCUT2D eigenvalue weighted by atomic mass is 16.6. The zero-order chi connectivity index (χ0) is 8.10. The van der Waals surface area contributed by atoms with Gasteiger partial charge < -0.3 is 0 Å². The van der Waals surface area contributed by atoms with Crippen molar-refractivity contribution in [3.05, 3.63) is 6.20 Å². The molecular weight excluding hydrogens is 144 g/mol. The van der Waals surface area contributed by atoms with Crippen LogP contribution in [0.5, 0.6) is 0 Å². The molecule has 0 unspecified atom stereocenters. The van der Waals surface area contributed by atoms with Crippen molar-refractivity contribution in [2.45, 2.75) is 0 Å². The molecule has 0 saturated heterocycles. The Kier molecular flexibility index (Phi) is 2.47. The summed E-state index contributed by atoms with van der Waals surface area (Å²) in [5.74, 6) is 2.98. The third-order valence-corrected chi connectivity index (χ3v) is 1.05. The number of hydrogen-bond acceptors (Lipinski definition) is 4. The Hall–Kier alpha value is -1.54. The fourth-order valence-corrected chi connectivity index (χ4v) is 0.534. The zero-order valence-electron chi connectivity index (χ0n) is 6.11. The van der Waals surface area contributed by atoms with E-state index in [4.69, 9.17) is 11.3 Å². The Balaban J connectivity index is 2.40. The average Bonchev–Trinajstić information content (AvgIpc) is 2.37. The quantitative estimate of drug-likeness (QED) is 0.370. The first-order valence-electron chi connectivity index (χ1n) is 3.00. The van der Waals surface area contributed by atoms with Crippen LogP contribution in [0.1, 0.15) is 0 Å². The molecule has 11 heavy (non-hydrogen) atoms. The second kappa shape index (κ2) is 3.58. The van der Waals surface area contributed by atoms with E-state index in [0.29, 0.717) is 5.82 Å². The molecule has 0 fully saturated rings. The van der Waals surface area contributed by atoms with Gasteiger partial charge in [0.25, 0.3) is 0 Å². The van der Waals surface area contributed by atoms with Crippen molar-refractivity contribution in [3.63, 3.8) is 0 Å². The summed E-state index contributed by atoms with van der Waals surface area (Å²) >= 11 is 0. The number of terminal acetylenes is 1. The number of nitrogens with one attached hydrogen (secondary N) is 1. The normalized spacial score (nSPS) is 9.09. The standard InChI is InChI=1S/C6H8N4O/c1-3-4-11-8-6-5-7-9-10(6)2/h1,5,8H,4H2,2H3. The molecule has 0 atom stereocenters. The number of hydrogen-bond donors (Lipinski definition) is 1. The van der Waals surface area contributed by atoms with Crippen molar-refractivity contribution < 1.29 is 4.84 Å². The van der Waals surface area contributed by atoms with Gasteiger partial charge in [-0.2, -0.15) is 0 Å². The summed E-state index contributed by atoms with van der Waals surface area (Å²) in [6.45, 7) is 0.213. The molecule has 0 spiro atoms. The second-order valence-electron chi connectivity index (χ2n) is 1.84. The van der Waals surface area contributed by atoms with Crippen LogP contribution in [0, 0.1) is 12.3 Å². The first kappa shape index (κ1) is 7.57. The molecule has 0 bridgehead atoms. The Morgan fingerprint density at radius 1 is 1.91 bits per heavy atom. The number of rotatable bonds is 3. The molecule has 1 aromatic heterocycles. The number of anilines is 1. The third-order valence-electron chi connectivity index (χ3n) is 1.05. The van der Waals surface area contributed by atoms with Gasteiger partial charge in [-0.1, -0.05) is 11.1 Å². The predicted octanol–water partition coefficient (Wildman–Crippen LogP) is -0.208. The number of nitrogens with zero attached hydrogens (tertiary/aromatic N) is 3. The summed E-state index contributed by atoms with van der Waals surface area (Å²) < 4.78 is 1.54. The molecule has 1 rings (SSSR count). The zero-order valence-corrected chi connectivity index (χ0v) is 6.11. The van der Waals surface area contributed by atoms with Crippen molar-refractivity contribution >= 4 is 5.82 Å². The van der Waals surface area contributed by atoms with Crippen LogP contribution < -0.4 is 5.48 Å². The minimum atomic E-state index is 0.213. The lowest BCUT2D eigenvalue weighted by Gasteiger charge is -2.01. The van der Waals surface area contributed by atoms with Gasteiger partial charge in [-0.25, -0.2) is 10.2 Å². The lowest BCUT2D eigenvalue weighted by molar-refractivity contribution is 0.230. The first-order chi connectivity index (χ1) is 5.34. The predicted molar refractivity (Wildman–Crippen MR) is 39.4 cm³/mol. The van der Waals surface area contributed by atoms with Crippen LogP contribution in [0.4, 0.5) is 5.82 Å². The first-order valence-corrected chi connectivity index (χ1v) is 3.00. The molecule has 0 aromatic carbocycles. The van der Waals surface area contributed by atoms with E-state index in [1.807, 2.05) is 0 Å². The fourth-order valence-electron chi connectivity index (χ4n) is 0.534. The maximum atomic E-state index is 4.95. The molecule has 5 nitrogen and oxygen atoms in total. The van der Waals surface area contributed by atoms with E-state index in [9.17, 15) is 0 Å². The second-order valence-corrected chi connectivity index (χ2v) is 1.84. The third kappa shape index (κ3) is 1.95. The number of aromatic nitrogens is 3. The SMILES string of the molecule is C#CCONc1cnnn1C. The van der Waals surface area contributed by atoms with Gasteiger partial charge in [0, 0.05) is 7.05 Å². The molecule has 5 heteroatoms. The van der Waals surface area contributed by atoms with Gasteiger partial charge in [-0.15, -0.1) is 11.5 Å². The van der Waals surface area contributed by atoms with Crippen LogP contribution in [0.25, 0.3) is 0 Å². The van der Waals surface area contributed by atoms with E-state index in [1.54, 1.807) is 7.05 Å². The van der Waals surface area contributed by atoms with Crippen LogP contribution in [-0.2, 0) is 11.9 Å². The molecule has 0 aliphatic heterocycles. The van der Waals surface area contributed by atoms with E-state index in [1.165, 1.54) is 10.9 Å². The minimum absolute atomic E-state index is 0.213. The smallest absolute Gasteiger partial charge is 0.168 e. The van der Waals surface area contributed by atoms with Crippen LogP contribution in [0.3, 0.4) is 0 Å². The summed E-state index contributed by atoms with van der Waals surface area (Å²) in [4.78, 5) is 4.82. The molecule has 0 radical (unpaired) electrons. The lowest BCUT2D eigenvalue weighted by atomic mass is 10.7.